The Morgan fingerprint density at radius 1 is 1.17 bits per heavy atom. The number of thiophene rings is 1. The number of amides is 2. The van der Waals surface area contributed by atoms with Crippen LogP contribution in [0.2, 0.25) is 0 Å². The van der Waals surface area contributed by atoms with Crippen molar-refractivity contribution in [3.05, 3.63) is 104 Å². The van der Waals surface area contributed by atoms with Crippen molar-refractivity contribution in [2.24, 2.45) is 0 Å². The minimum Gasteiger partial charge on any atom is -0.330 e. The van der Waals surface area contributed by atoms with E-state index in [1.807, 2.05) is 49.1 Å². The van der Waals surface area contributed by atoms with Crippen molar-refractivity contribution in [1.82, 2.24) is 9.80 Å². The number of rotatable bonds is 8. The zero-order chi connectivity index (χ0) is 25.7. The maximum absolute atomic E-state index is 13.7. The predicted octanol–water partition coefficient (Wildman–Crippen LogP) is 5.47. The number of benzene rings is 2. The Kier molecular flexibility index (Phi) is 7.95. The molecule has 1 aromatic heterocycles. The standard InChI is InChI=1S/C28H29N3O4S/c1-3-20(2)30(26(32)14-11-21-9-12-23(13-10-21)31(34)35)19-27(33)29-17-15-25-24(16-18-36-25)28(29)22-7-5-4-6-8-22/h4-14,16,18,20,28H,3,15,17,19H2,1-2H3/b14-11+. The molecule has 0 spiro atoms. The summed E-state index contributed by atoms with van der Waals surface area (Å²) in [6.07, 6.45) is 4.57. The van der Waals surface area contributed by atoms with Gasteiger partial charge in [-0.3, -0.25) is 19.7 Å². The van der Waals surface area contributed by atoms with Crippen molar-refractivity contribution in [1.29, 1.82) is 0 Å². The Morgan fingerprint density at radius 3 is 2.56 bits per heavy atom. The van der Waals surface area contributed by atoms with Gasteiger partial charge in [-0.1, -0.05) is 37.3 Å². The van der Waals surface area contributed by atoms with E-state index in [4.69, 9.17) is 0 Å². The van der Waals surface area contributed by atoms with Crippen LogP contribution in [0.25, 0.3) is 6.08 Å². The highest BCUT2D eigenvalue weighted by atomic mass is 32.1. The summed E-state index contributed by atoms with van der Waals surface area (Å²) in [6.45, 7) is 4.52. The lowest BCUT2D eigenvalue weighted by Crippen LogP contribution is -2.48. The van der Waals surface area contributed by atoms with E-state index in [0.717, 1.165) is 17.5 Å². The first-order chi connectivity index (χ1) is 17.4. The van der Waals surface area contributed by atoms with Crippen molar-refractivity contribution in [3.8, 4) is 0 Å². The zero-order valence-electron chi connectivity index (χ0n) is 20.4. The highest BCUT2D eigenvalue weighted by Crippen LogP contribution is 2.37. The molecule has 8 heteroatoms. The third kappa shape index (κ3) is 5.54. The maximum atomic E-state index is 13.7. The maximum Gasteiger partial charge on any atom is 0.269 e. The molecule has 4 rings (SSSR count). The van der Waals surface area contributed by atoms with Gasteiger partial charge in [-0.05, 0) is 66.1 Å². The lowest BCUT2D eigenvalue weighted by atomic mass is 9.93. The zero-order valence-corrected chi connectivity index (χ0v) is 21.2. The number of non-ortho nitro benzene ring substituents is 1. The van der Waals surface area contributed by atoms with E-state index in [0.29, 0.717) is 18.5 Å². The molecule has 186 valence electrons. The Bertz CT molecular complexity index is 1250. The number of carbonyl (C=O) groups excluding carboxylic acids is 2. The Labute approximate surface area is 214 Å². The smallest absolute Gasteiger partial charge is 0.269 e. The fraction of sp³-hybridized carbons (Fsp3) is 0.286. The molecule has 0 bridgehead atoms. The van der Waals surface area contributed by atoms with Gasteiger partial charge in [0.05, 0.1) is 11.0 Å². The molecule has 0 saturated carbocycles. The van der Waals surface area contributed by atoms with Gasteiger partial charge in [0.2, 0.25) is 11.8 Å². The van der Waals surface area contributed by atoms with Crippen molar-refractivity contribution < 1.29 is 14.5 Å². The van der Waals surface area contributed by atoms with Gasteiger partial charge in [0.25, 0.3) is 5.69 Å². The number of nitro benzene ring substituents is 1. The van der Waals surface area contributed by atoms with Crippen LogP contribution in [-0.4, -0.2) is 45.7 Å². The highest BCUT2D eigenvalue weighted by Gasteiger charge is 2.34. The molecule has 0 fully saturated rings. The van der Waals surface area contributed by atoms with Gasteiger partial charge in [-0.25, -0.2) is 0 Å². The minimum absolute atomic E-state index is 0.00594. The monoisotopic (exact) mass is 503 g/mol. The molecule has 2 aromatic carbocycles. The molecule has 0 radical (unpaired) electrons. The van der Waals surface area contributed by atoms with E-state index in [1.165, 1.54) is 23.1 Å². The molecule has 1 aliphatic heterocycles. The van der Waals surface area contributed by atoms with E-state index in [9.17, 15) is 19.7 Å². The largest absolute Gasteiger partial charge is 0.330 e. The van der Waals surface area contributed by atoms with Crippen LogP contribution in [0.1, 0.15) is 47.9 Å². The number of nitrogens with zero attached hydrogens (tertiary/aromatic N) is 3. The molecule has 0 N–H and O–H groups in total. The second-order valence-corrected chi connectivity index (χ2v) is 9.86. The topological polar surface area (TPSA) is 83.8 Å². The van der Waals surface area contributed by atoms with Crippen molar-refractivity contribution in [2.45, 2.75) is 38.8 Å². The first kappa shape index (κ1) is 25.3. The quantitative estimate of drug-likeness (QED) is 0.232. The molecule has 7 nitrogen and oxygen atoms in total. The summed E-state index contributed by atoms with van der Waals surface area (Å²) in [5.41, 5.74) is 2.89. The lowest BCUT2D eigenvalue weighted by Gasteiger charge is -2.38. The lowest BCUT2D eigenvalue weighted by molar-refractivity contribution is -0.384. The third-order valence-electron chi connectivity index (χ3n) is 6.64. The number of carbonyl (C=O) groups is 2. The van der Waals surface area contributed by atoms with Crippen molar-refractivity contribution in [2.75, 3.05) is 13.1 Å². The summed E-state index contributed by atoms with van der Waals surface area (Å²) in [5.74, 6) is -0.348. The Balaban J connectivity index is 1.54. The number of nitro groups is 1. The van der Waals surface area contributed by atoms with Crippen LogP contribution in [0, 0.1) is 10.1 Å². The number of hydrogen-bond donors (Lipinski definition) is 0. The van der Waals surface area contributed by atoms with Crippen molar-refractivity contribution in [3.63, 3.8) is 0 Å². The van der Waals surface area contributed by atoms with Gasteiger partial charge in [0.15, 0.2) is 0 Å². The van der Waals surface area contributed by atoms with Crippen LogP contribution >= 0.6 is 11.3 Å². The summed E-state index contributed by atoms with van der Waals surface area (Å²) < 4.78 is 0. The van der Waals surface area contributed by atoms with E-state index in [2.05, 4.69) is 11.4 Å². The molecule has 2 atom stereocenters. The fourth-order valence-corrected chi connectivity index (χ4v) is 5.36. The number of fused-ring (bicyclic) bond motifs is 1. The van der Waals surface area contributed by atoms with Crippen LogP contribution in [0.4, 0.5) is 5.69 Å². The van der Waals surface area contributed by atoms with Crippen LogP contribution < -0.4 is 0 Å². The van der Waals surface area contributed by atoms with Crippen LogP contribution in [0.5, 0.6) is 0 Å². The van der Waals surface area contributed by atoms with Crippen LogP contribution in [0.3, 0.4) is 0 Å². The van der Waals surface area contributed by atoms with Crippen molar-refractivity contribution >= 4 is 34.9 Å². The molecule has 2 heterocycles. The minimum atomic E-state index is -0.461. The molecule has 2 amide bonds. The second-order valence-electron chi connectivity index (χ2n) is 8.85. The first-order valence-electron chi connectivity index (χ1n) is 12.0. The third-order valence-corrected chi connectivity index (χ3v) is 7.63. The molecule has 0 saturated heterocycles. The summed E-state index contributed by atoms with van der Waals surface area (Å²) >= 11 is 1.72. The van der Waals surface area contributed by atoms with E-state index >= 15 is 0 Å². The normalized spacial score (nSPS) is 15.9. The van der Waals surface area contributed by atoms with Gasteiger partial charge < -0.3 is 9.80 Å². The summed E-state index contributed by atoms with van der Waals surface area (Å²) in [4.78, 5) is 42.1. The van der Waals surface area contributed by atoms with Crippen LogP contribution in [0.15, 0.2) is 72.1 Å². The molecular weight excluding hydrogens is 474 g/mol. The fourth-order valence-electron chi connectivity index (χ4n) is 4.46. The predicted molar refractivity (Wildman–Crippen MR) is 142 cm³/mol. The molecule has 1 aliphatic rings. The average Bonchev–Trinajstić information content (AvgIpc) is 3.39. The molecule has 0 aliphatic carbocycles. The second kappa shape index (κ2) is 11.3. The van der Waals surface area contributed by atoms with E-state index in [1.54, 1.807) is 34.4 Å². The van der Waals surface area contributed by atoms with E-state index in [-0.39, 0.29) is 36.1 Å². The summed E-state index contributed by atoms with van der Waals surface area (Å²) in [6, 6.07) is 17.8. The average molecular weight is 504 g/mol. The summed E-state index contributed by atoms with van der Waals surface area (Å²) in [5, 5.41) is 12.9. The molecule has 36 heavy (non-hydrogen) atoms. The highest BCUT2D eigenvalue weighted by molar-refractivity contribution is 7.10. The van der Waals surface area contributed by atoms with Gasteiger partial charge in [-0.15, -0.1) is 11.3 Å². The Morgan fingerprint density at radius 2 is 1.89 bits per heavy atom. The van der Waals surface area contributed by atoms with Gasteiger partial charge >= 0.3 is 0 Å². The first-order valence-corrected chi connectivity index (χ1v) is 12.9. The SMILES string of the molecule is CCC(C)N(CC(=O)N1CCc2sccc2C1c1ccccc1)C(=O)/C=C/c1ccc([N+](=O)[O-])cc1. The van der Waals surface area contributed by atoms with Gasteiger partial charge in [-0.2, -0.15) is 0 Å². The molecule has 3 aromatic rings. The molecule has 2 unspecified atom stereocenters. The Hall–Kier alpha value is -3.78. The van der Waals surface area contributed by atoms with Gasteiger partial charge in [0, 0.05) is 35.7 Å². The van der Waals surface area contributed by atoms with Gasteiger partial charge in [0.1, 0.15) is 6.54 Å². The van der Waals surface area contributed by atoms with E-state index < -0.39 is 4.92 Å². The molecular formula is C28H29N3O4S. The summed E-state index contributed by atoms with van der Waals surface area (Å²) in [7, 11) is 0. The number of hydrogen-bond acceptors (Lipinski definition) is 5. The van der Waals surface area contributed by atoms with Crippen LogP contribution in [-0.2, 0) is 16.0 Å².